The lowest BCUT2D eigenvalue weighted by atomic mass is 9.92. The molecule has 5 heteroatoms. The van der Waals surface area contributed by atoms with E-state index in [0.29, 0.717) is 6.42 Å². The number of ether oxygens (including phenoxy) is 3. The smallest absolute Gasteiger partial charge is 0.162 e. The first-order valence-electron chi connectivity index (χ1n) is 5.07. The van der Waals surface area contributed by atoms with E-state index in [4.69, 9.17) is 14.2 Å². The van der Waals surface area contributed by atoms with Crippen molar-refractivity contribution in [3.05, 3.63) is 0 Å². The SMILES string of the molecule is CO[C@]1(C)C[C@H](OC(C)C)O[C@@H](I)[C@@H]1O. The van der Waals surface area contributed by atoms with E-state index >= 15 is 0 Å². The van der Waals surface area contributed by atoms with Gasteiger partial charge < -0.3 is 19.3 Å². The van der Waals surface area contributed by atoms with Gasteiger partial charge in [-0.15, -0.1) is 0 Å². The molecule has 0 radical (unpaired) electrons. The number of alkyl halides is 1. The van der Waals surface area contributed by atoms with Gasteiger partial charge in [0, 0.05) is 13.5 Å². The Kier molecular flexibility index (Phi) is 4.79. The van der Waals surface area contributed by atoms with Crippen LogP contribution in [0, 0.1) is 0 Å². The second-order valence-corrected chi connectivity index (χ2v) is 5.50. The summed E-state index contributed by atoms with van der Waals surface area (Å²) < 4.78 is 16.2. The summed E-state index contributed by atoms with van der Waals surface area (Å²) in [5.41, 5.74) is -0.594. The zero-order chi connectivity index (χ0) is 11.6. The molecule has 90 valence electrons. The summed E-state index contributed by atoms with van der Waals surface area (Å²) in [6.45, 7) is 5.80. The molecule has 4 atom stereocenters. The molecular weight excluding hydrogens is 311 g/mol. The Morgan fingerprint density at radius 3 is 2.60 bits per heavy atom. The van der Waals surface area contributed by atoms with Crippen molar-refractivity contribution in [2.75, 3.05) is 7.11 Å². The fourth-order valence-corrected chi connectivity index (χ4v) is 2.67. The van der Waals surface area contributed by atoms with Crippen LogP contribution < -0.4 is 0 Å². The van der Waals surface area contributed by atoms with Crippen LogP contribution in [0.4, 0.5) is 0 Å². The first-order valence-corrected chi connectivity index (χ1v) is 6.32. The van der Waals surface area contributed by atoms with Crippen molar-refractivity contribution in [3.8, 4) is 0 Å². The molecule has 4 nitrogen and oxygen atoms in total. The summed E-state index contributed by atoms with van der Waals surface area (Å²) in [6.07, 6.45) is -0.284. The van der Waals surface area contributed by atoms with Gasteiger partial charge in [-0.1, -0.05) is 0 Å². The maximum absolute atomic E-state index is 9.94. The summed E-state index contributed by atoms with van der Waals surface area (Å²) in [4.78, 5) is 0. The highest BCUT2D eigenvalue weighted by atomic mass is 127. The minimum Gasteiger partial charge on any atom is -0.387 e. The molecule has 1 aliphatic heterocycles. The molecule has 0 saturated carbocycles. The van der Waals surface area contributed by atoms with Gasteiger partial charge >= 0.3 is 0 Å². The largest absolute Gasteiger partial charge is 0.387 e. The van der Waals surface area contributed by atoms with Crippen molar-refractivity contribution >= 4 is 22.6 Å². The van der Waals surface area contributed by atoms with Crippen LogP contribution in [0.1, 0.15) is 27.2 Å². The van der Waals surface area contributed by atoms with Crippen molar-refractivity contribution in [1.29, 1.82) is 0 Å². The van der Waals surface area contributed by atoms with Gasteiger partial charge in [0.05, 0.1) is 11.7 Å². The van der Waals surface area contributed by atoms with E-state index in [2.05, 4.69) is 22.6 Å². The average Bonchev–Trinajstić information content (AvgIpc) is 2.13. The molecule has 0 aromatic heterocycles. The summed E-state index contributed by atoms with van der Waals surface area (Å²) in [5.74, 6) is 0. The van der Waals surface area contributed by atoms with E-state index in [1.807, 2.05) is 20.8 Å². The molecule has 0 aliphatic carbocycles. The summed E-state index contributed by atoms with van der Waals surface area (Å²) in [6, 6.07) is 0. The fraction of sp³-hybridized carbons (Fsp3) is 1.00. The van der Waals surface area contributed by atoms with E-state index < -0.39 is 11.7 Å². The lowest BCUT2D eigenvalue weighted by molar-refractivity contribution is -0.265. The number of hydrogen-bond acceptors (Lipinski definition) is 4. The highest BCUT2D eigenvalue weighted by Crippen LogP contribution is 2.35. The second kappa shape index (κ2) is 5.27. The normalized spacial score (nSPS) is 42.2. The Morgan fingerprint density at radius 1 is 1.53 bits per heavy atom. The van der Waals surface area contributed by atoms with E-state index in [1.54, 1.807) is 7.11 Å². The molecule has 15 heavy (non-hydrogen) atoms. The van der Waals surface area contributed by atoms with Gasteiger partial charge in [-0.25, -0.2) is 0 Å². The molecule has 1 rings (SSSR count). The van der Waals surface area contributed by atoms with E-state index in [1.165, 1.54) is 0 Å². The number of methoxy groups -OCH3 is 1. The van der Waals surface area contributed by atoms with Crippen LogP contribution in [0.5, 0.6) is 0 Å². The summed E-state index contributed by atoms with van der Waals surface area (Å²) in [5, 5.41) is 9.94. The zero-order valence-corrected chi connectivity index (χ0v) is 11.7. The molecule has 1 N–H and O–H groups in total. The number of aliphatic hydroxyl groups excluding tert-OH is 1. The lowest BCUT2D eigenvalue weighted by Crippen LogP contribution is -2.55. The highest BCUT2D eigenvalue weighted by molar-refractivity contribution is 14.1. The van der Waals surface area contributed by atoms with Crippen LogP contribution in [0.3, 0.4) is 0 Å². The van der Waals surface area contributed by atoms with Gasteiger partial charge in [-0.2, -0.15) is 0 Å². The molecule has 0 unspecified atom stereocenters. The predicted octanol–water partition coefficient (Wildman–Crippen LogP) is 1.68. The van der Waals surface area contributed by atoms with Crippen molar-refractivity contribution in [2.24, 2.45) is 0 Å². The number of aliphatic hydroxyl groups is 1. The van der Waals surface area contributed by atoms with Gasteiger partial charge in [-0.3, -0.25) is 0 Å². The first kappa shape index (κ1) is 13.6. The van der Waals surface area contributed by atoms with E-state index in [-0.39, 0.29) is 16.5 Å². The quantitative estimate of drug-likeness (QED) is 0.632. The van der Waals surface area contributed by atoms with Gasteiger partial charge in [-0.05, 0) is 43.4 Å². The van der Waals surface area contributed by atoms with E-state index in [9.17, 15) is 5.11 Å². The standard InChI is InChI=1S/C10H19IO4/c1-6(2)14-7-5-10(3,13-4)8(12)9(11)15-7/h6-9,12H,5H2,1-4H3/t7-,8+,9-,10-/m1/s1. The average molecular weight is 330 g/mol. The maximum atomic E-state index is 9.94. The van der Waals surface area contributed by atoms with Crippen LogP contribution in [0.2, 0.25) is 0 Å². The van der Waals surface area contributed by atoms with Gasteiger partial charge in [0.1, 0.15) is 10.2 Å². The molecule has 0 amide bonds. The van der Waals surface area contributed by atoms with Crippen molar-refractivity contribution in [3.63, 3.8) is 0 Å². The first-order chi connectivity index (χ1) is 6.89. The maximum Gasteiger partial charge on any atom is 0.162 e. The molecule has 1 fully saturated rings. The Hall–Kier alpha value is 0.570. The molecule has 1 heterocycles. The van der Waals surface area contributed by atoms with Crippen molar-refractivity contribution in [1.82, 2.24) is 0 Å². The molecular formula is C10H19IO4. The topological polar surface area (TPSA) is 47.9 Å². The highest BCUT2D eigenvalue weighted by Gasteiger charge is 2.46. The number of rotatable bonds is 3. The fourth-order valence-electron chi connectivity index (χ4n) is 1.58. The van der Waals surface area contributed by atoms with Gasteiger partial charge in [0.15, 0.2) is 6.29 Å². The van der Waals surface area contributed by atoms with Crippen LogP contribution in [-0.2, 0) is 14.2 Å². The lowest BCUT2D eigenvalue weighted by Gasteiger charge is -2.43. The number of halogens is 1. The minimum atomic E-state index is -0.630. The Bertz CT molecular complexity index is 212. The molecule has 1 aliphatic rings. The van der Waals surface area contributed by atoms with Gasteiger partial charge in [0.2, 0.25) is 0 Å². The van der Waals surface area contributed by atoms with Crippen molar-refractivity contribution < 1.29 is 19.3 Å². The van der Waals surface area contributed by atoms with E-state index in [0.717, 1.165) is 0 Å². The van der Waals surface area contributed by atoms with Crippen molar-refractivity contribution in [2.45, 2.75) is 55.4 Å². The summed E-state index contributed by atoms with van der Waals surface area (Å²) in [7, 11) is 1.60. The Balaban J connectivity index is 2.67. The Morgan fingerprint density at radius 2 is 2.13 bits per heavy atom. The third kappa shape index (κ3) is 3.26. The second-order valence-electron chi connectivity index (χ2n) is 4.27. The van der Waals surface area contributed by atoms with Crippen LogP contribution in [-0.4, -0.2) is 40.4 Å². The third-order valence-electron chi connectivity index (χ3n) is 2.62. The van der Waals surface area contributed by atoms with Crippen LogP contribution >= 0.6 is 22.6 Å². The minimum absolute atomic E-state index is 0.106. The van der Waals surface area contributed by atoms with Gasteiger partial charge in [0.25, 0.3) is 0 Å². The molecule has 0 spiro atoms. The zero-order valence-electron chi connectivity index (χ0n) is 9.57. The third-order valence-corrected chi connectivity index (χ3v) is 3.59. The molecule has 0 aromatic carbocycles. The van der Waals surface area contributed by atoms with Crippen LogP contribution in [0.25, 0.3) is 0 Å². The predicted molar refractivity (Wildman–Crippen MR) is 64.9 cm³/mol. The monoisotopic (exact) mass is 330 g/mol. The van der Waals surface area contributed by atoms with Crippen LogP contribution in [0.15, 0.2) is 0 Å². The molecule has 0 bridgehead atoms. The number of hydrogen-bond donors (Lipinski definition) is 1. The molecule has 0 aromatic rings. The Labute approximate surface area is 104 Å². The summed E-state index contributed by atoms with van der Waals surface area (Å²) >= 11 is 2.06. The molecule has 1 saturated heterocycles.